The summed E-state index contributed by atoms with van der Waals surface area (Å²) in [6, 6.07) is 14.4. The number of hydrogen-bond donors (Lipinski definition) is 0. The van der Waals surface area contributed by atoms with E-state index >= 15 is 0 Å². The fraction of sp³-hybridized carbons (Fsp3) is 0.458. The first-order valence-electron chi connectivity index (χ1n) is 10.9. The molecule has 1 aliphatic heterocycles. The quantitative estimate of drug-likeness (QED) is 0.573. The summed E-state index contributed by atoms with van der Waals surface area (Å²) in [5.74, 6) is 1.53. The molecule has 32 heavy (non-hydrogen) atoms. The lowest BCUT2D eigenvalue weighted by Crippen LogP contribution is -2.36. The maximum atomic E-state index is 12.7. The zero-order chi connectivity index (χ0) is 23.0. The summed E-state index contributed by atoms with van der Waals surface area (Å²) in [6.07, 6.45) is 2.01. The van der Waals surface area contributed by atoms with Crippen LogP contribution in [0, 0.1) is 0 Å². The number of carbonyl (C=O) groups excluding carboxylic acids is 1. The normalized spacial score (nSPS) is 15.2. The maximum absolute atomic E-state index is 12.7. The van der Waals surface area contributed by atoms with Crippen molar-refractivity contribution in [3.63, 3.8) is 0 Å². The number of amides is 1. The molecule has 0 atom stereocenters. The third-order valence-corrected chi connectivity index (χ3v) is 7.50. The third kappa shape index (κ3) is 6.71. The van der Waals surface area contributed by atoms with Crippen molar-refractivity contribution in [2.24, 2.45) is 0 Å². The van der Waals surface area contributed by atoms with E-state index in [0.717, 1.165) is 24.3 Å². The Balaban J connectivity index is 1.47. The molecule has 1 fully saturated rings. The van der Waals surface area contributed by atoms with Crippen molar-refractivity contribution in [3.8, 4) is 11.5 Å². The molecule has 0 radical (unpaired) electrons. The van der Waals surface area contributed by atoms with E-state index < -0.39 is 9.84 Å². The summed E-state index contributed by atoms with van der Waals surface area (Å²) in [5, 5.41) is 0. The smallest absolute Gasteiger partial charge is 0.222 e. The summed E-state index contributed by atoms with van der Waals surface area (Å²) in [6.45, 7) is 3.26. The molecule has 7 nitrogen and oxygen atoms in total. The maximum Gasteiger partial charge on any atom is 0.222 e. The zero-order valence-electron chi connectivity index (χ0n) is 18.8. The zero-order valence-corrected chi connectivity index (χ0v) is 19.6. The molecule has 0 unspecified atom stereocenters. The highest BCUT2D eigenvalue weighted by Crippen LogP contribution is 2.19. The minimum absolute atomic E-state index is 0.0472. The van der Waals surface area contributed by atoms with Crippen molar-refractivity contribution in [2.45, 2.75) is 24.2 Å². The second kappa shape index (κ2) is 11.3. The van der Waals surface area contributed by atoms with Crippen LogP contribution >= 0.6 is 0 Å². The van der Waals surface area contributed by atoms with Crippen molar-refractivity contribution >= 4 is 15.7 Å². The summed E-state index contributed by atoms with van der Waals surface area (Å²) in [5.41, 5.74) is 1.11. The van der Waals surface area contributed by atoms with Crippen LogP contribution in [0.1, 0.15) is 18.4 Å². The van der Waals surface area contributed by atoms with Gasteiger partial charge in [-0.3, -0.25) is 4.79 Å². The Bertz CT molecular complexity index is 992. The highest BCUT2D eigenvalue weighted by Gasteiger charge is 2.21. The molecule has 1 heterocycles. The van der Waals surface area contributed by atoms with E-state index in [0.29, 0.717) is 44.8 Å². The molecule has 3 rings (SSSR count). The minimum Gasteiger partial charge on any atom is -0.497 e. The van der Waals surface area contributed by atoms with Crippen molar-refractivity contribution in [1.29, 1.82) is 0 Å². The second-order valence-electron chi connectivity index (χ2n) is 7.92. The van der Waals surface area contributed by atoms with Gasteiger partial charge < -0.3 is 19.3 Å². The van der Waals surface area contributed by atoms with Gasteiger partial charge in [-0.2, -0.15) is 0 Å². The molecule has 0 N–H and O–H groups in total. The van der Waals surface area contributed by atoms with E-state index in [2.05, 4.69) is 4.90 Å². The van der Waals surface area contributed by atoms with Crippen LogP contribution in [0.2, 0.25) is 0 Å². The average Bonchev–Trinajstić information content (AvgIpc) is 3.07. The van der Waals surface area contributed by atoms with Crippen molar-refractivity contribution in [1.82, 2.24) is 9.80 Å². The van der Waals surface area contributed by atoms with Crippen molar-refractivity contribution < 1.29 is 22.7 Å². The lowest BCUT2D eigenvalue weighted by molar-refractivity contribution is -0.131. The lowest BCUT2D eigenvalue weighted by atomic mass is 10.1. The Morgan fingerprint density at radius 1 is 0.938 bits per heavy atom. The third-order valence-electron chi connectivity index (χ3n) is 5.80. The summed E-state index contributed by atoms with van der Waals surface area (Å²) in [7, 11) is -0.234. The van der Waals surface area contributed by atoms with E-state index in [9.17, 15) is 13.2 Å². The number of methoxy groups -OCH3 is 2. The number of aryl methyl sites for hydroxylation is 1. The van der Waals surface area contributed by atoms with Crippen molar-refractivity contribution in [3.05, 3.63) is 54.1 Å². The van der Waals surface area contributed by atoms with E-state index in [1.54, 1.807) is 31.4 Å². The molecule has 2 aromatic carbocycles. The number of ether oxygens (including phenoxy) is 2. The topological polar surface area (TPSA) is 76.2 Å². The van der Waals surface area contributed by atoms with Crippen LogP contribution < -0.4 is 9.47 Å². The fourth-order valence-corrected chi connectivity index (χ4v) is 5.12. The molecule has 0 aliphatic carbocycles. The van der Waals surface area contributed by atoms with E-state index in [-0.39, 0.29) is 16.6 Å². The van der Waals surface area contributed by atoms with Crippen LogP contribution in [0.25, 0.3) is 0 Å². The molecule has 2 aromatic rings. The monoisotopic (exact) mass is 460 g/mol. The predicted molar refractivity (Wildman–Crippen MR) is 124 cm³/mol. The number of hydrogen-bond acceptors (Lipinski definition) is 6. The molecule has 0 spiro atoms. The number of sulfone groups is 1. The van der Waals surface area contributed by atoms with Crippen LogP contribution in [-0.2, 0) is 21.1 Å². The number of carbonyl (C=O) groups is 1. The number of nitrogens with zero attached hydrogens (tertiary/aromatic N) is 2. The molecular weight excluding hydrogens is 428 g/mol. The Morgan fingerprint density at radius 3 is 2.41 bits per heavy atom. The average molecular weight is 461 g/mol. The van der Waals surface area contributed by atoms with Gasteiger partial charge in [0.25, 0.3) is 0 Å². The first kappa shape index (κ1) is 24.1. The highest BCUT2D eigenvalue weighted by molar-refractivity contribution is 7.91. The Labute approximate surface area is 190 Å². The van der Waals surface area contributed by atoms with E-state index in [4.69, 9.17) is 9.47 Å². The summed E-state index contributed by atoms with van der Waals surface area (Å²) < 4.78 is 35.7. The van der Waals surface area contributed by atoms with Gasteiger partial charge in [-0.1, -0.05) is 18.2 Å². The van der Waals surface area contributed by atoms with Gasteiger partial charge in [0.2, 0.25) is 5.91 Å². The molecule has 0 aromatic heterocycles. The summed E-state index contributed by atoms with van der Waals surface area (Å²) in [4.78, 5) is 17.0. The molecule has 1 saturated heterocycles. The Hall–Kier alpha value is -2.58. The van der Waals surface area contributed by atoms with Gasteiger partial charge in [0, 0.05) is 32.6 Å². The molecule has 0 saturated carbocycles. The van der Waals surface area contributed by atoms with Crippen LogP contribution in [0.5, 0.6) is 11.5 Å². The largest absolute Gasteiger partial charge is 0.497 e. The molecule has 174 valence electrons. The van der Waals surface area contributed by atoms with Crippen LogP contribution in [0.3, 0.4) is 0 Å². The molecule has 0 bridgehead atoms. The first-order valence-corrected chi connectivity index (χ1v) is 12.6. The lowest BCUT2D eigenvalue weighted by Gasteiger charge is -2.22. The van der Waals surface area contributed by atoms with Gasteiger partial charge in [0.05, 0.1) is 24.9 Å². The number of rotatable bonds is 9. The molecule has 8 heteroatoms. The van der Waals surface area contributed by atoms with E-state index in [1.165, 1.54) is 7.11 Å². The van der Waals surface area contributed by atoms with E-state index in [1.807, 2.05) is 29.2 Å². The SMILES string of the molecule is COc1ccc(CCC(=O)N2CCCN(CCS(=O)(=O)c3cccc(OC)c3)CC2)cc1. The fourth-order valence-electron chi connectivity index (χ4n) is 3.81. The van der Waals surface area contributed by atoms with Gasteiger partial charge in [0.1, 0.15) is 11.5 Å². The van der Waals surface area contributed by atoms with Gasteiger partial charge in [0.15, 0.2) is 9.84 Å². The molecule has 1 amide bonds. The van der Waals surface area contributed by atoms with Gasteiger partial charge in [-0.25, -0.2) is 8.42 Å². The summed E-state index contributed by atoms with van der Waals surface area (Å²) >= 11 is 0. The second-order valence-corrected chi connectivity index (χ2v) is 10.0. The highest BCUT2D eigenvalue weighted by atomic mass is 32.2. The predicted octanol–water partition coefficient (Wildman–Crippen LogP) is 2.64. The Kier molecular flexibility index (Phi) is 8.53. The number of benzene rings is 2. The van der Waals surface area contributed by atoms with Crippen LogP contribution in [0.15, 0.2) is 53.4 Å². The Morgan fingerprint density at radius 2 is 1.69 bits per heavy atom. The van der Waals surface area contributed by atoms with Gasteiger partial charge >= 0.3 is 0 Å². The minimum atomic E-state index is -3.39. The van der Waals surface area contributed by atoms with Crippen molar-refractivity contribution in [2.75, 3.05) is 52.7 Å². The van der Waals surface area contributed by atoms with Gasteiger partial charge in [-0.15, -0.1) is 0 Å². The van der Waals surface area contributed by atoms with Crippen LogP contribution in [0.4, 0.5) is 0 Å². The van der Waals surface area contributed by atoms with Crippen LogP contribution in [-0.4, -0.2) is 76.8 Å². The van der Waals surface area contributed by atoms with Gasteiger partial charge in [-0.05, 0) is 55.3 Å². The molecular formula is C24H32N2O5S. The first-order chi connectivity index (χ1) is 15.4. The standard InChI is InChI=1S/C24H32N2O5S/c1-30-21-10-7-20(8-11-21)9-12-24(27)26-14-4-13-25(15-16-26)17-18-32(28,29)23-6-3-5-22(19-23)31-2/h3,5-8,10-11,19H,4,9,12-18H2,1-2H3. The molecule has 1 aliphatic rings.